The van der Waals surface area contributed by atoms with Crippen molar-refractivity contribution in [3.63, 3.8) is 0 Å². The number of hydrogen-bond donors (Lipinski definition) is 3. The zero-order valence-corrected chi connectivity index (χ0v) is 10.5. The third kappa shape index (κ3) is 5.20. The Hall–Kier alpha value is -2.24. The Morgan fingerprint density at radius 1 is 1.06 bits per heavy atom. The van der Waals surface area contributed by atoms with E-state index in [1.54, 1.807) is 45.0 Å². The van der Waals surface area contributed by atoms with Gasteiger partial charge in [-0.1, -0.05) is 0 Å². The van der Waals surface area contributed by atoms with Crippen LogP contribution in [-0.4, -0.2) is 22.9 Å². The van der Waals surface area contributed by atoms with Crippen LogP contribution in [0.2, 0.25) is 0 Å². The number of benzene rings is 1. The lowest BCUT2D eigenvalue weighted by Gasteiger charge is -2.19. The van der Waals surface area contributed by atoms with Gasteiger partial charge in [-0.3, -0.25) is 10.6 Å². The van der Waals surface area contributed by atoms with Crippen LogP contribution in [0.15, 0.2) is 24.3 Å². The molecule has 0 aliphatic heterocycles. The van der Waals surface area contributed by atoms with Crippen molar-refractivity contribution in [2.45, 2.75) is 26.4 Å². The molecule has 6 nitrogen and oxygen atoms in total. The van der Waals surface area contributed by atoms with Gasteiger partial charge >= 0.3 is 12.2 Å². The largest absolute Gasteiger partial charge is 0.465 e. The van der Waals surface area contributed by atoms with Crippen LogP contribution in [0.4, 0.5) is 21.0 Å². The third-order valence-corrected chi connectivity index (χ3v) is 1.78. The summed E-state index contributed by atoms with van der Waals surface area (Å²) in [6, 6.07) is 6.24. The van der Waals surface area contributed by atoms with Gasteiger partial charge in [-0.15, -0.1) is 0 Å². The lowest BCUT2D eigenvalue weighted by Crippen LogP contribution is -2.27. The molecule has 0 unspecified atom stereocenters. The van der Waals surface area contributed by atoms with E-state index in [9.17, 15) is 9.59 Å². The summed E-state index contributed by atoms with van der Waals surface area (Å²) in [6.07, 6.45) is -1.69. The molecule has 0 heterocycles. The van der Waals surface area contributed by atoms with Crippen LogP contribution in [0, 0.1) is 0 Å². The summed E-state index contributed by atoms with van der Waals surface area (Å²) in [5, 5.41) is 13.2. The van der Waals surface area contributed by atoms with Gasteiger partial charge in [0.2, 0.25) is 0 Å². The van der Waals surface area contributed by atoms with Gasteiger partial charge in [0.25, 0.3) is 0 Å². The molecule has 0 radical (unpaired) electrons. The summed E-state index contributed by atoms with van der Waals surface area (Å²) in [5.74, 6) is 0. The highest BCUT2D eigenvalue weighted by atomic mass is 16.6. The normalized spacial score (nSPS) is 10.6. The first-order valence-corrected chi connectivity index (χ1v) is 5.36. The zero-order valence-electron chi connectivity index (χ0n) is 10.5. The number of rotatable bonds is 2. The SMILES string of the molecule is CC(C)(C)OC(=O)Nc1ccc(NC(=O)O)cc1. The molecule has 0 atom stereocenters. The maximum atomic E-state index is 11.4. The fourth-order valence-corrected chi connectivity index (χ4v) is 1.18. The zero-order chi connectivity index (χ0) is 13.8. The van der Waals surface area contributed by atoms with Gasteiger partial charge in [-0.2, -0.15) is 0 Å². The van der Waals surface area contributed by atoms with E-state index < -0.39 is 17.8 Å². The fraction of sp³-hybridized carbons (Fsp3) is 0.333. The Morgan fingerprint density at radius 3 is 1.89 bits per heavy atom. The van der Waals surface area contributed by atoms with Crippen LogP contribution in [-0.2, 0) is 4.74 Å². The molecule has 0 saturated heterocycles. The van der Waals surface area contributed by atoms with E-state index in [1.807, 2.05) is 0 Å². The summed E-state index contributed by atoms with van der Waals surface area (Å²) in [4.78, 5) is 21.8. The molecule has 0 saturated carbocycles. The minimum absolute atomic E-state index is 0.428. The Bertz CT molecular complexity index is 434. The maximum Gasteiger partial charge on any atom is 0.412 e. The van der Waals surface area contributed by atoms with Crippen molar-refractivity contribution in [1.29, 1.82) is 0 Å². The minimum Gasteiger partial charge on any atom is -0.465 e. The lowest BCUT2D eigenvalue weighted by molar-refractivity contribution is 0.0636. The highest BCUT2D eigenvalue weighted by Crippen LogP contribution is 2.15. The highest BCUT2D eigenvalue weighted by molar-refractivity contribution is 5.86. The number of amides is 2. The molecular weight excluding hydrogens is 236 g/mol. The Kier molecular flexibility index (Phi) is 4.14. The summed E-state index contributed by atoms with van der Waals surface area (Å²) >= 11 is 0. The van der Waals surface area contributed by atoms with Crippen molar-refractivity contribution >= 4 is 23.6 Å². The van der Waals surface area contributed by atoms with Crippen LogP contribution in [0.25, 0.3) is 0 Å². The van der Waals surface area contributed by atoms with Crippen molar-refractivity contribution in [1.82, 2.24) is 0 Å². The molecule has 0 bridgehead atoms. The van der Waals surface area contributed by atoms with E-state index in [-0.39, 0.29) is 0 Å². The predicted octanol–water partition coefficient (Wildman–Crippen LogP) is 3.12. The van der Waals surface area contributed by atoms with Crippen LogP contribution in [0.3, 0.4) is 0 Å². The van der Waals surface area contributed by atoms with Gasteiger partial charge in [0, 0.05) is 11.4 Å². The van der Waals surface area contributed by atoms with Gasteiger partial charge in [-0.25, -0.2) is 9.59 Å². The topological polar surface area (TPSA) is 87.7 Å². The fourth-order valence-electron chi connectivity index (χ4n) is 1.18. The number of ether oxygens (including phenoxy) is 1. The maximum absolute atomic E-state index is 11.4. The highest BCUT2D eigenvalue weighted by Gasteiger charge is 2.16. The molecule has 1 aromatic carbocycles. The monoisotopic (exact) mass is 252 g/mol. The summed E-state index contributed by atoms with van der Waals surface area (Å²) < 4.78 is 5.08. The molecule has 98 valence electrons. The van der Waals surface area contributed by atoms with E-state index in [1.165, 1.54) is 0 Å². The molecule has 18 heavy (non-hydrogen) atoms. The number of anilines is 2. The van der Waals surface area contributed by atoms with E-state index in [0.717, 1.165) is 0 Å². The Morgan fingerprint density at radius 2 is 1.50 bits per heavy atom. The van der Waals surface area contributed by atoms with Crippen LogP contribution < -0.4 is 10.6 Å². The smallest absolute Gasteiger partial charge is 0.412 e. The molecule has 0 aliphatic rings. The lowest BCUT2D eigenvalue weighted by atomic mass is 10.2. The molecular formula is C12H16N2O4. The number of carbonyl (C=O) groups is 2. The number of carbonyl (C=O) groups excluding carboxylic acids is 1. The Labute approximate surface area is 105 Å². The second-order valence-electron chi connectivity index (χ2n) is 4.63. The molecule has 1 aromatic rings. The van der Waals surface area contributed by atoms with Crippen LogP contribution in [0.5, 0.6) is 0 Å². The van der Waals surface area contributed by atoms with Crippen LogP contribution >= 0.6 is 0 Å². The number of nitrogens with one attached hydrogen (secondary N) is 2. The van der Waals surface area contributed by atoms with Gasteiger partial charge in [0.1, 0.15) is 5.60 Å². The van der Waals surface area contributed by atoms with Gasteiger partial charge in [-0.05, 0) is 45.0 Å². The average Bonchev–Trinajstić information content (AvgIpc) is 2.17. The first-order chi connectivity index (χ1) is 8.26. The van der Waals surface area contributed by atoms with E-state index in [2.05, 4.69) is 10.6 Å². The second-order valence-corrected chi connectivity index (χ2v) is 4.63. The van der Waals surface area contributed by atoms with Crippen LogP contribution in [0.1, 0.15) is 20.8 Å². The summed E-state index contributed by atoms with van der Waals surface area (Å²) in [6.45, 7) is 5.31. The van der Waals surface area contributed by atoms with Gasteiger partial charge in [0.15, 0.2) is 0 Å². The van der Waals surface area contributed by atoms with Crippen molar-refractivity contribution in [3.05, 3.63) is 24.3 Å². The summed E-state index contributed by atoms with van der Waals surface area (Å²) in [7, 11) is 0. The molecule has 3 N–H and O–H groups in total. The predicted molar refractivity (Wildman–Crippen MR) is 67.9 cm³/mol. The molecule has 2 amide bonds. The molecule has 6 heteroatoms. The molecule has 0 spiro atoms. The average molecular weight is 252 g/mol. The molecule has 0 fully saturated rings. The minimum atomic E-state index is -1.14. The van der Waals surface area contributed by atoms with Crippen molar-refractivity contribution in [3.8, 4) is 0 Å². The summed E-state index contributed by atoms with van der Waals surface area (Å²) in [5.41, 5.74) is 0.395. The Balaban J connectivity index is 2.58. The number of carboxylic acid groups (broad SMARTS) is 1. The number of hydrogen-bond acceptors (Lipinski definition) is 3. The van der Waals surface area contributed by atoms with Gasteiger partial charge in [0.05, 0.1) is 0 Å². The first kappa shape index (κ1) is 13.8. The van der Waals surface area contributed by atoms with Crippen molar-refractivity contribution in [2.24, 2.45) is 0 Å². The van der Waals surface area contributed by atoms with E-state index in [0.29, 0.717) is 11.4 Å². The third-order valence-electron chi connectivity index (χ3n) is 1.78. The van der Waals surface area contributed by atoms with Gasteiger partial charge < -0.3 is 9.84 Å². The van der Waals surface area contributed by atoms with E-state index in [4.69, 9.17) is 9.84 Å². The van der Waals surface area contributed by atoms with Crippen molar-refractivity contribution in [2.75, 3.05) is 10.6 Å². The first-order valence-electron chi connectivity index (χ1n) is 5.36. The quantitative estimate of drug-likeness (QED) is 0.754. The van der Waals surface area contributed by atoms with E-state index >= 15 is 0 Å². The standard InChI is InChI=1S/C12H16N2O4/c1-12(2,3)18-11(17)14-9-6-4-8(5-7-9)13-10(15)16/h4-7,13H,1-3H3,(H,14,17)(H,15,16). The molecule has 0 aliphatic carbocycles. The molecule has 0 aromatic heterocycles. The van der Waals surface area contributed by atoms with Crippen molar-refractivity contribution < 1.29 is 19.4 Å². The second kappa shape index (κ2) is 5.39. The molecule has 1 rings (SSSR count).